The molecule has 2 aromatic carbocycles. The summed E-state index contributed by atoms with van der Waals surface area (Å²) in [5, 5.41) is 5.04. The van der Waals surface area contributed by atoms with Gasteiger partial charge in [0.2, 0.25) is 18.6 Å². The van der Waals surface area contributed by atoms with Crippen LogP contribution in [0.1, 0.15) is 6.42 Å². The molecule has 0 unspecified atom stereocenters. The fourth-order valence-corrected chi connectivity index (χ4v) is 4.24. The lowest BCUT2D eigenvalue weighted by Gasteiger charge is -2.17. The van der Waals surface area contributed by atoms with Gasteiger partial charge in [0.1, 0.15) is 5.82 Å². The second kappa shape index (κ2) is 7.42. The minimum Gasteiger partial charge on any atom is -0.454 e. The molecule has 5 rings (SSSR count). The Balaban J connectivity index is 1.27. The monoisotopic (exact) mass is 425 g/mol. The molecule has 1 N–H and O–H groups in total. The first-order valence-corrected chi connectivity index (χ1v) is 10.2. The number of rotatable bonds is 4. The second-order valence-corrected chi connectivity index (χ2v) is 7.81. The van der Waals surface area contributed by atoms with Gasteiger partial charge in [-0.2, -0.15) is 0 Å². The Kier molecular flexibility index (Phi) is 4.59. The van der Waals surface area contributed by atoms with Gasteiger partial charge in [0.15, 0.2) is 16.6 Å². The van der Waals surface area contributed by atoms with Crippen LogP contribution in [-0.4, -0.2) is 30.1 Å². The Morgan fingerprint density at radius 2 is 2.03 bits per heavy atom. The molecule has 1 saturated heterocycles. The van der Waals surface area contributed by atoms with E-state index in [1.54, 1.807) is 12.1 Å². The summed E-state index contributed by atoms with van der Waals surface area (Å²) < 4.78 is 24.7. The van der Waals surface area contributed by atoms with E-state index >= 15 is 0 Å². The highest BCUT2D eigenvalue weighted by molar-refractivity contribution is 7.14. The highest BCUT2D eigenvalue weighted by Gasteiger charge is 2.36. The number of nitrogens with zero attached hydrogens (tertiary/aromatic N) is 2. The lowest BCUT2D eigenvalue weighted by molar-refractivity contribution is -0.122. The fourth-order valence-electron chi connectivity index (χ4n) is 3.51. The number of ether oxygens (including phenoxy) is 2. The molecule has 0 aliphatic carbocycles. The average Bonchev–Trinajstić information content (AvgIpc) is 3.47. The summed E-state index contributed by atoms with van der Waals surface area (Å²) in [6.07, 6.45) is 0.0283. The van der Waals surface area contributed by atoms with Gasteiger partial charge in [-0.1, -0.05) is 12.1 Å². The number of hydrogen-bond acceptors (Lipinski definition) is 6. The minimum absolute atomic E-state index is 0.0283. The molecular weight excluding hydrogens is 409 g/mol. The van der Waals surface area contributed by atoms with Crippen molar-refractivity contribution in [2.24, 2.45) is 5.92 Å². The number of nitrogens with one attached hydrogen (secondary N) is 1. The first-order chi connectivity index (χ1) is 14.6. The van der Waals surface area contributed by atoms with Crippen molar-refractivity contribution in [2.75, 3.05) is 23.6 Å². The quantitative estimate of drug-likeness (QED) is 0.690. The first kappa shape index (κ1) is 18.6. The SMILES string of the molecule is O=C(Nc1nc(-c2ccc3c(c2)OCO3)cs1)[C@H]1CC(=O)N(c2ccccc2F)C1. The van der Waals surface area contributed by atoms with Gasteiger partial charge in [-0.05, 0) is 30.3 Å². The van der Waals surface area contributed by atoms with Crippen LogP contribution in [-0.2, 0) is 9.59 Å². The number of fused-ring (bicyclic) bond motifs is 1. The second-order valence-electron chi connectivity index (χ2n) is 6.95. The van der Waals surface area contributed by atoms with Crippen LogP contribution in [0.5, 0.6) is 11.5 Å². The summed E-state index contributed by atoms with van der Waals surface area (Å²) in [6.45, 7) is 0.327. The number of carbonyl (C=O) groups excluding carboxylic acids is 2. The molecular formula is C21H16FN3O4S. The molecule has 3 aromatic rings. The maximum Gasteiger partial charge on any atom is 0.231 e. The van der Waals surface area contributed by atoms with Gasteiger partial charge in [0.05, 0.1) is 17.3 Å². The highest BCUT2D eigenvalue weighted by Crippen LogP contribution is 2.36. The molecule has 30 heavy (non-hydrogen) atoms. The van der Waals surface area contributed by atoms with Gasteiger partial charge in [0, 0.05) is 23.9 Å². The van der Waals surface area contributed by atoms with E-state index in [1.807, 2.05) is 23.6 Å². The number of anilines is 2. The van der Waals surface area contributed by atoms with E-state index in [0.29, 0.717) is 22.3 Å². The molecule has 1 fully saturated rings. The lowest BCUT2D eigenvalue weighted by atomic mass is 10.1. The standard InChI is InChI=1S/C21H16FN3O4S/c22-14-3-1-2-4-16(14)25-9-13(8-19(25)26)20(27)24-21-23-15(10-30-21)12-5-6-17-18(7-12)29-11-28-17/h1-7,10,13H,8-9,11H2,(H,23,24,27)/t13-/m0/s1. The molecule has 152 valence electrons. The van der Waals surface area contributed by atoms with Crippen molar-refractivity contribution in [3.63, 3.8) is 0 Å². The summed E-state index contributed by atoms with van der Waals surface area (Å²) in [7, 11) is 0. The van der Waals surface area contributed by atoms with Crippen molar-refractivity contribution in [3.8, 4) is 22.8 Å². The Bertz CT molecular complexity index is 1150. The van der Waals surface area contributed by atoms with E-state index in [0.717, 1.165) is 5.56 Å². The van der Waals surface area contributed by atoms with Gasteiger partial charge in [-0.15, -0.1) is 11.3 Å². The Morgan fingerprint density at radius 3 is 2.90 bits per heavy atom. The molecule has 0 radical (unpaired) electrons. The molecule has 1 aromatic heterocycles. The predicted octanol–water partition coefficient (Wildman–Crippen LogP) is 3.67. The van der Waals surface area contributed by atoms with Crippen molar-refractivity contribution in [1.82, 2.24) is 4.98 Å². The molecule has 9 heteroatoms. The van der Waals surface area contributed by atoms with Crippen LogP contribution >= 0.6 is 11.3 Å². The van der Waals surface area contributed by atoms with Gasteiger partial charge in [0.25, 0.3) is 0 Å². The van der Waals surface area contributed by atoms with Crippen LogP contribution < -0.4 is 19.7 Å². The number of thiazole rings is 1. The lowest BCUT2D eigenvalue weighted by Crippen LogP contribution is -2.28. The van der Waals surface area contributed by atoms with Gasteiger partial charge in [-0.25, -0.2) is 9.37 Å². The van der Waals surface area contributed by atoms with E-state index in [-0.39, 0.29) is 37.3 Å². The van der Waals surface area contributed by atoms with Gasteiger partial charge >= 0.3 is 0 Å². The molecule has 3 heterocycles. The van der Waals surface area contributed by atoms with Crippen LogP contribution in [0.15, 0.2) is 47.8 Å². The van der Waals surface area contributed by atoms with Crippen molar-refractivity contribution in [1.29, 1.82) is 0 Å². The molecule has 0 bridgehead atoms. The van der Waals surface area contributed by atoms with E-state index in [9.17, 15) is 14.0 Å². The summed E-state index contributed by atoms with van der Waals surface area (Å²) >= 11 is 1.29. The zero-order valence-electron chi connectivity index (χ0n) is 15.6. The van der Waals surface area contributed by atoms with Crippen molar-refractivity contribution in [2.45, 2.75) is 6.42 Å². The first-order valence-electron chi connectivity index (χ1n) is 9.30. The van der Waals surface area contributed by atoms with Crippen molar-refractivity contribution < 1.29 is 23.5 Å². The third-order valence-electron chi connectivity index (χ3n) is 5.04. The van der Waals surface area contributed by atoms with Crippen LogP contribution in [0.25, 0.3) is 11.3 Å². The average molecular weight is 425 g/mol. The number of para-hydroxylation sites is 1. The van der Waals surface area contributed by atoms with Crippen LogP contribution in [0.4, 0.5) is 15.2 Å². The number of amides is 2. The third kappa shape index (κ3) is 3.37. The van der Waals surface area contributed by atoms with E-state index < -0.39 is 11.7 Å². The zero-order valence-corrected chi connectivity index (χ0v) is 16.4. The van der Waals surface area contributed by atoms with E-state index in [4.69, 9.17) is 9.47 Å². The smallest absolute Gasteiger partial charge is 0.231 e. The normalized spacial score (nSPS) is 17.4. The summed E-state index contributed by atoms with van der Waals surface area (Å²) in [6, 6.07) is 11.6. The molecule has 0 spiro atoms. The Morgan fingerprint density at radius 1 is 1.20 bits per heavy atom. The largest absolute Gasteiger partial charge is 0.454 e. The van der Waals surface area contributed by atoms with Crippen LogP contribution in [0.3, 0.4) is 0 Å². The molecule has 2 amide bonds. The highest BCUT2D eigenvalue weighted by atomic mass is 32.1. The van der Waals surface area contributed by atoms with Crippen LogP contribution in [0, 0.1) is 11.7 Å². The number of benzene rings is 2. The Labute approximate surface area is 175 Å². The molecule has 0 saturated carbocycles. The number of halogens is 1. The van der Waals surface area contributed by atoms with Gasteiger partial charge < -0.3 is 19.7 Å². The maximum absolute atomic E-state index is 14.0. The fraction of sp³-hybridized carbons (Fsp3) is 0.190. The van der Waals surface area contributed by atoms with Gasteiger partial charge in [-0.3, -0.25) is 9.59 Å². The van der Waals surface area contributed by atoms with Crippen molar-refractivity contribution in [3.05, 3.63) is 53.7 Å². The van der Waals surface area contributed by atoms with E-state index in [2.05, 4.69) is 10.3 Å². The summed E-state index contributed by atoms with van der Waals surface area (Å²) in [5.74, 6) is -0.305. The minimum atomic E-state index is -0.574. The predicted molar refractivity (Wildman–Crippen MR) is 109 cm³/mol. The van der Waals surface area contributed by atoms with E-state index in [1.165, 1.54) is 28.4 Å². The van der Waals surface area contributed by atoms with Crippen LogP contribution in [0.2, 0.25) is 0 Å². The summed E-state index contributed by atoms with van der Waals surface area (Å²) in [4.78, 5) is 30.8. The summed E-state index contributed by atoms with van der Waals surface area (Å²) in [5.41, 5.74) is 1.74. The third-order valence-corrected chi connectivity index (χ3v) is 5.80. The Hall–Kier alpha value is -3.46. The topological polar surface area (TPSA) is 80.8 Å². The molecule has 2 aliphatic rings. The number of aromatic nitrogens is 1. The number of carbonyl (C=O) groups is 2. The molecule has 7 nitrogen and oxygen atoms in total. The maximum atomic E-state index is 14.0. The van der Waals surface area contributed by atoms with Crippen molar-refractivity contribution >= 4 is 34.0 Å². The zero-order chi connectivity index (χ0) is 20.7. The molecule has 1 atom stereocenters. The number of hydrogen-bond donors (Lipinski definition) is 1. The molecule has 2 aliphatic heterocycles.